The maximum absolute atomic E-state index is 12.8. The number of hydrogen-bond donors (Lipinski definition) is 0. The molecule has 0 aromatic carbocycles. The van der Waals surface area contributed by atoms with Gasteiger partial charge in [0.2, 0.25) is 5.91 Å². The molecule has 4 heterocycles. The van der Waals surface area contributed by atoms with Crippen LogP contribution in [0, 0.1) is 19.8 Å². The van der Waals surface area contributed by atoms with Crippen molar-refractivity contribution in [1.82, 2.24) is 19.8 Å². The molecule has 2 saturated heterocycles. The van der Waals surface area contributed by atoms with Crippen LogP contribution in [0.1, 0.15) is 37.1 Å². The first-order chi connectivity index (χ1) is 14.4. The first kappa shape index (κ1) is 22.0. The number of piperidine rings is 1. The van der Waals surface area contributed by atoms with Crippen LogP contribution in [-0.4, -0.2) is 76.4 Å². The molecule has 0 saturated carbocycles. The third-order valence-electron chi connectivity index (χ3n) is 6.24. The number of thioether (sulfide) groups is 1. The van der Waals surface area contributed by atoms with Crippen molar-refractivity contribution in [2.24, 2.45) is 5.92 Å². The number of fused-ring (bicyclic) bond motifs is 1. The standard InChI is InChI=1S/C22H32N4O2S2/c1-14-9-25(10-15(2)28-14)11-18-5-7-26(8-6-18)19(27)12-29-21-20-16(3)17(4)30-22(20)24-13-23-21/h13-15,18H,5-12H2,1-4H3. The van der Waals surface area contributed by atoms with Crippen molar-refractivity contribution in [3.8, 4) is 0 Å². The van der Waals surface area contributed by atoms with Crippen molar-refractivity contribution >= 4 is 39.2 Å². The van der Waals surface area contributed by atoms with Gasteiger partial charge in [-0.1, -0.05) is 11.8 Å². The second-order valence-corrected chi connectivity index (χ2v) is 10.9. The lowest BCUT2D eigenvalue weighted by Gasteiger charge is -2.39. The Morgan fingerprint density at radius 1 is 1.20 bits per heavy atom. The normalized spacial score (nSPS) is 23.9. The lowest BCUT2D eigenvalue weighted by molar-refractivity contribution is -0.129. The molecule has 164 valence electrons. The maximum atomic E-state index is 12.8. The molecule has 6 nitrogen and oxygen atoms in total. The smallest absolute Gasteiger partial charge is 0.232 e. The van der Waals surface area contributed by atoms with Gasteiger partial charge >= 0.3 is 0 Å². The minimum Gasteiger partial charge on any atom is -0.373 e. The average Bonchev–Trinajstić information content (AvgIpc) is 3.00. The highest BCUT2D eigenvalue weighted by Crippen LogP contribution is 2.34. The predicted octanol–water partition coefficient (Wildman–Crippen LogP) is 3.75. The van der Waals surface area contributed by atoms with Crippen LogP contribution in [0.5, 0.6) is 0 Å². The van der Waals surface area contributed by atoms with E-state index in [1.807, 2.05) is 4.90 Å². The number of rotatable bonds is 5. The first-order valence-corrected chi connectivity index (χ1v) is 12.7. The van der Waals surface area contributed by atoms with Crippen molar-refractivity contribution in [1.29, 1.82) is 0 Å². The molecule has 0 spiro atoms. The summed E-state index contributed by atoms with van der Waals surface area (Å²) >= 11 is 3.25. The summed E-state index contributed by atoms with van der Waals surface area (Å²) < 4.78 is 5.85. The summed E-state index contributed by atoms with van der Waals surface area (Å²) in [5, 5.41) is 2.05. The van der Waals surface area contributed by atoms with Crippen LogP contribution < -0.4 is 0 Å². The fourth-order valence-corrected chi connectivity index (χ4v) is 6.66. The minimum absolute atomic E-state index is 0.225. The van der Waals surface area contributed by atoms with E-state index in [-0.39, 0.29) is 5.91 Å². The topological polar surface area (TPSA) is 58.6 Å². The molecule has 2 unspecified atom stereocenters. The summed E-state index contributed by atoms with van der Waals surface area (Å²) in [5.41, 5.74) is 1.23. The molecule has 0 radical (unpaired) electrons. The van der Waals surface area contributed by atoms with E-state index in [9.17, 15) is 4.79 Å². The summed E-state index contributed by atoms with van der Waals surface area (Å²) in [5.74, 6) is 1.35. The zero-order chi connectivity index (χ0) is 21.3. The molecular weight excluding hydrogens is 416 g/mol. The summed E-state index contributed by atoms with van der Waals surface area (Å²) in [6, 6.07) is 0. The fraction of sp³-hybridized carbons (Fsp3) is 0.682. The van der Waals surface area contributed by atoms with Gasteiger partial charge in [-0.05, 0) is 52.0 Å². The molecule has 2 aromatic heterocycles. The number of morpholine rings is 1. The highest BCUT2D eigenvalue weighted by molar-refractivity contribution is 8.00. The van der Waals surface area contributed by atoms with Gasteiger partial charge in [-0.25, -0.2) is 9.97 Å². The first-order valence-electron chi connectivity index (χ1n) is 10.9. The SMILES string of the molecule is Cc1sc2ncnc(SCC(=O)N3CCC(CN4CC(C)OC(C)C4)CC3)c2c1C. The lowest BCUT2D eigenvalue weighted by atomic mass is 9.95. The van der Waals surface area contributed by atoms with Crippen molar-refractivity contribution in [3.63, 3.8) is 0 Å². The zero-order valence-electron chi connectivity index (χ0n) is 18.4. The number of carbonyl (C=O) groups is 1. The van der Waals surface area contributed by atoms with E-state index in [2.05, 4.69) is 42.6 Å². The van der Waals surface area contributed by atoms with Gasteiger partial charge in [0.1, 0.15) is 16.2 Å². The third kappa shape index (κ3) is 4.98. The second kappa shape index (κ2) is 9.51. The Labute approximate surface area is 187 Å². The Bertz CT molecular complexity index is 885. The summed E-state index contributed by atoms with van der Waals surface area (Å²) in [7, 11) is 0. The molecule has 0 N–H and O–H groups in total. The van der Waals surface area contributed by atoms with Crippen LogP contribution in [0.25, 0.3) is 10.2 Å². The summed E-state index contributed by atoms with van der Waals surface area (Å²) in [4.78, 5) is 28.5. The van der Waals surface area contributed by atoms with Crippen LogP contribution >= 0.6 is 23.1 Å². The molecule has 2 aliphatic rings. The number of carbonyl (C=O) groups excluding carboxylic acids is 1. The lowest BCUT2D eigenvalue weighted by Crippen LogP contribution is -2.48. The molecule has 30 heavy (non-hydrogen) atoms. The van der Waals surface area contributed by atoms with Crippen LogP contribution in [-0.2, 0) is 9.53 Å². The van der Waals surface area contributed by atoms with E-state index < -0.39 is 0 Å². The number of amides is 1. The van der Waals surface area contributed by atoms with E-state index >= 15 is 0 Å². The number of hydrogen-bond acceptors (Lipinski definition) is 7. The number of likely N-dealkylation sites (tertiary alicyclic amines) is 1. The van der Waals surface area contributed by atoms with E-state index in [4.69, 9.17) is 4.74 Å². The highest BCUT2D eigenvalue weighted by atomic mass is 32.2. The molecule has 2 atom stereocenters. The molecule has 2 fully saturated rings. The van der Waals surface area contributed by atoms with Crippen LogP contribution in [0.4, 0.5) is 0 Å². The Morgan fingerprint density at radius 3 is 2.60 bits per heavy atom. The number of aromatic nitrogens is 2. The van der Waals surface area contributed by atoms with Gasteiger partial charge in [-0.3, -0.25) is 9.69 Å². The van der Waals surface area contributed by atoms with Gasteiger partial charge < -0.3 is 9.64 Å². The molecule has 1 amide bonds. The Hall–Kier alpha value is -1.22. The summed E-state index contributed by atoms with van der Waals surface area (Å²) in [6.45, 7) is 13.5. The van der Waals surface area contributed by atoms with Crippen LogP contribution in [0.15, 0.2) is 11.4 Å². The van der Waals surface area contributed by atoms with Gasteiger partial charge in [0.15, 0.2) is 0 Å². The van der Waals surface area contributed by atoms with Gasteiger partial charge in [0.05, 0.1) is 18.0 Å². The van der Waals surface area contributed by atoms with Crippen LogP contribution in [0.3, 0.4) is 0 Å². The van der Waals surface area contributed by atoms with Crippen molar-refractivity contribution < 1.29 is 9.53 Å². The minimum atomic E-state index is 0.225. The molecule has 8 heteroatoms. The molecule has 0 bridgehead atoms. The van der Waals surface area contributed by atoms with Gasteiger partial charge in [-0.15, -0.1) is 11.3 Å². The predicted molar refractivity (Wildman–Crippen MR) is 123 cm³/mol. The number of nitrogens with zero attached hydrogens (tertiary/aromatic N) is 4. The van der Waals surface area contributed by atoms with E-state index in [1.54, 1.807) is 29.4 Å². The fourth-order valence-electron chi connectivity index (χ4n) is 4.64. The summed E-state index contributed by atoms with van der Waals surface area (Å²) in [6.07, 6.45) is 4.44. The molecule has 2 aliphatic heterocycles. The van der Waals surface area contributed by atoms with Crippen molar-refractivity contribution in [3.05, 3.63) is 16.8 Å². The Kier molecular flexibility index (Phi) is 6.97. The van der Waals surface area contributed by atoms with E-state index in [0.717, 1.165) is 60.8 Å². The highest BCUT2D eigenvalue weighted by Gasteiger charge is 2.28. The van der Waals surface area contributed by atoms with Gasteiger partial charge in [0, 0.05) is 43.0 Å². The number of aryl methyl sites for hydroxylation is 2. The Balaban J connectivity index is 1.27. The average molecular weight is 449 g/mol. The largest absolute Gasteiger partial charge is 0.373 e. The van der Waals surface area contributed by atoms with Crippen molar-refractivity contribution in [2.45, 2.75) is 57.8 Å². The zero-order valence-corrected chi connectivity index (χ0v) is 20.0. The quantitative estimate of drug-likeness (QED) is 0.513. The van der Waals surface area contributed by atoms with Crippen molar-refractivity contribution in [2.75, 3.05) is 38.5 Å². The second-order valence-electron chi connectivity index (χ2n) is 8.73. The van der Waals surface area contributed by atoms with E-state index in [0.29, 0.717) is 23.9 Å². The van der Waals surface area contributed by atoms with E-state index in [1.165, 1.54) is 10.4 Å². The monoisotopic (exact) mass is 448 g/mol. The molecular formula is C22H32N4O2S2. The van der Waals surface area contributed by atoms with Gasteiger partial charge in [-0.2, -0.15) is 0 Å². The Morgan fingerprint density at radius 2 is 1.90 bits per heavy atom. The number of thiophene rings is 1. The van der Waals surface area contributed by atoms with Crippen LogP contribution in [0.2, 0.25) is 0 Å². The molecule has 2 aromatic rings. The molecule has 0 aliphatic carbocycles. The number of ether oxygens (including phenoxy) is 1. The van der Waals surface area contributed by atoms with Gasteiger partial charge in [0.25, 0.3) is 0 Å². The third-order valence-corrected chi connectivity index (χ3v) is 8.33. The molecule has 4 rings (SSSR count). The maximum Gasteiger partial charge on any atom is 0.232 e.